The van der Waals surface area contributed by atoms with Crippen LogP contribution in [0.5, 0.6) is 5.75 Å². The first kappa shape index (κ1) is 27.1. The molecule has 0 bridgehead atoms. The van der Waals surface area contributed by atoms with E-state index in [4.69, 9.17) is 15.5 Å². The summed E-state index contributed by atoms with van der Waals surface area (Å²) in [6.45, 7) is 5.12. The van der Waals surface area contributed by atoms with Crippen molar-refractivity contribution in [3.8, 4) is 17.0 Å². The van der Waals surface area contributed by atoms with Crippen LogP contribution in [-0.4, -0.2) is 73.0 Å². The van der Waals surface area contributed by atoms with Gasteiger partial charge in [0.1, 0.15) is 5.75 Å². The molecule has 39 heavy (non-hydrogen) atoms. The Labute approximate surface area is 226 Å². The van der Waals surface area contributed by atoms with Gasteiger partial charge in [-0.25, -0.2) is 9.97 Å². The van der Waals surface area contributed by atoms with Crippen LogP contribution >= 0.6 is 0 Å². The molecule has 202 valence electrons. The van der Waals surface area contributed by atoms with E-state index in [9.17, 15) is 9.59 Å². The second kappa shape index (κ2) is 11.7. The molecular formula is C28H32N8O3. The van der Waals surface area contributed by atoms with Gasteiger partial charge in [0.05, 0.1) is 40.9 Å². The Morgan fingerprint density at radius 2 is 1.92 bits per heavy atom. The fourth-order valence-corrected chi connectivity index (χ4v) is 4.18. The normalized spacial score (nSPS) is 10.9. The number of H-pyrrole nitrogens is 1. The Morgan fingerprint density at radius 3 is 2.62 bits per heavy atom. The number of ether oxygens (including phenoxy) is 1. The van der Waals surface area contributed by atoms with Crippen LogP contribution in [0.2, 0.25) is 0 Å². The maximum absolute atomic E-state index is 12.2. The summed E-state index contributed by atoms with van der Waals surface area (Å²) in [5, 5.41) is 6.92. The summed E-state index contributed by atoms with van der Waals surface area (Å²) >= 11 is 0. The van der Waals surface area contributed by atoms with Gasteiger partial charge in [-0.15, -0.1) is 0 Å². The number of anilines is 4. The number of amides is 2. The number of carbonyl (C=O) groups excluding carboxylic acids is 2. The summed E-state index contributed by atoms with van der Waals surface area (Å²) < 4.78 is 5.68. The monoisotopic (exact) mass is 528 g/mol. The molecule has 4 aromatic rings. The zero-order chi connectivity index (χ0) is 28.1. The molecule has 2 heterocycles. The topological polar surface area (TPSA) is 142 Å². The third-order valence-corrected chi connectivity index (χ3v) is 6.22. The van der Waals surface area contributed by atoms with Crippen molar-refractivity contribution in [2.45, 2.75) is 0 Å². The van der Waals surface area contributed by atoms with Crippen molar-refractivity contribution in [1.82, 2.24) is 19.9 Å². The third-order valence-electron chi connectivity index (χ3n) is 6.22. The molecule has 2 amide bonds. The van der Waals surface area contributed by atoms with Gasteiger partial charge in [-0.2, -0.15) is 0 Å². The average Bonchev–Trinajstić information content (AvgIpc) is 3.41. The predicted octanol–water partition coefficient (Wildman–Crippen LogP) is 3.60. The van der Waals surface area contributed by atoms with Crippen molar-refractivity contribution in [1.29, 1.82) is 0 Å². The van der Waals surface area contributed by atoms with E-state index in [-0.39, 0.29) is 5.91 Å². The van der Waals surface area contributed by atoms with Crippen LogP contribution in [0.1, 0.15) is 10.4 Å². The van der Waals surface area contributed by atoms with Crippen LogP contribution in [0.3, 0.4) is 0 Å². The standard InChI is InChI=1S/C28H32N8O3/c1-6-25(37)32-21-15-22(24(39-5)16-23(21)36(4)14-13-35(2)3)34-28-31-12-10-20(33-28)17-7-8-19(27(29)38)26-18(17)9-11-30-26/h6-12,15-16,30H,1,13-14H2,2-5H3,(H2,29,38)(H,32,37)(H,31,33,34). The fourth-order valence-electron chi connectivity index (χ4n) is 4.18. The molecule has 0 aliphatic rings. The van der Waals surface area contributed by atoms with Gasteiger partial charge < -0.3 is 35.9 Å². The Bertz CT molecular complexity index is 1530. The van der Waals surface area contributed by atoms with Crippen molar-refractivity contribution < 1.29 is 14.3 Å². The molecule has 2 aromatic heterocycles. The van der Waals surface area contributed by atoms with Gasteiger partial charge >= 0.3 is 0 Å². The molecule has 0 unspecified atom stereocenters. The number of primary amides is 1. The maximum Gasteiger partial charge on any atom is 0.250 e. The molecule has 0 radical (unpaired) electrons. The molecule has 2 aromatic carbocycles. The number of nitrogens with two attached hydrogens (primary N) is 1. The number of fused-ring (bicyclic) bond motifs is 1. The molecule has 0 fully saturated rings. The highest BCUT2D eigenvalue weighted by Gasteiger charge is 2.18. The SMILES string of the molecule is C=CC(=O)Nc1cc(Nc2nccc(-c3ccc(C(N)=O)c4[nH]ccc34)n2)c(OC)cc1N(C)CCN(C)C. The summed E-state index contributed by atoms with van der Waals surface area (Å²) in [6, 6.07) is 10.8. The zero-order valence-electron chi connectivity index (χ0n) is 22.4. The number of likely N-dealkylation sites (N-methyl/N-ethyl adjacent to an activating group) is 2. The number of aromatic amines is 1. The number of aromatic nitrogens is 3. The van der Waals surface area contributed by atoms with Crippen molar-refractivity contribution in [2.75, 3.05) is 56.9 Å². The molecule has 0 spiro atoms. The molecule has 5 N–H and O–H groups in total. The fraction of sp³-hybridized carbons (Fsp3) is 0.214. The summed E-state index contributed by atoms with van der Waals surface area (Å²) in [5.41, 5.74) is 9.97. The number of hydrogen-bond donors (Lipinski definition) is 4. The highest BCUT2D eigenvalue weighted by molar-refractivity contribution is 6.09. The molecule has 11 heteroatoms. The van der Waals surface area contributed by atoms with Crippen LogP contribution in [0.4, 0.5) is 23.0 Å². The quantitative estimate of drug-likeness (QED) is 0.216. The van der Waals surface area contributed by atoms with E-state index in [1.807, 2.05) is 44.2 Å². The van der Waals surface area contributed by atoms with Crippen LogP contribution in [-0.2, 0) is 4.79 Å². The second-order valence-corrected chi connectivity index (χ2v) is 9.17. The minimum Gasteiger partial charge on any atom is -0.494 e. The van der Waals surface area contributed by atoms with E-state index in [1.54, 1.807) is 37.7 Å². The molecular weight excluding hydrogens is 496 g/mol. The Hall–Kier alpha value is -4.90. The lowest BCUT2D eigenvalue weighted by molar-refractivity contribution is -0.111. The smallest absolute Gasteiger partial charge is 0.250 e. The number of hydrogen-bond acceptors (Lipinski definition) is 8. The average molecular weight is 529 g/mol. The molecule has 0 atom stereocenters. The molecule has 4 rings (SSSR count). The number of nitrogens with zero attached hydrogens (tertiary/aromatic N) is 4. The highest BCUT2D eigenvalue weighted by Crippen LogP contribution is 2.38. The Kier molecular flexibility index (Phi) is 8.11. The van der Waals surface area contributed by atoms with Gasteiger partial charge in [-0.05, 0) is 44.4 Å². The van der Waals surface area contributed by atoms with E-state index in [0.717, 1.165) is 29.7 Å². The first-order valence-electron chi connectivity index (χ1n) is 12.2. The van der Waals surface area contributed by atoms with Crippen molar-refractivity contribution >= 4 is 45.7 Å². The first-order valence-corrected chi connectivity index (χ1v) is 12.2. The highest BCUT2D eigenvalue weighted by atomic mass is 16.5. The lowest BCUT2D eigenvalue weighted by Crippen LogP contribution is -2.29. The van der Waals surface area contributed by atoms with Gasteiger partial charge in [-0.3, -0.25) is 9.59 Å². The van der Waals surface area contributed by atoms with Gasteiger partial charge in [0.15, 0.2) is 0 Å². The van der Waals surface area contributed by atoms with Crippen molar-refractivity contribution in [2.24, 2.45) is 5.73 Å². The van der Waals surface area contributed by atoms with Gasteiger partial charge in [-0.1, -0.05) is 12.6 Å². The minimum absolute atomic E-state index is 0.322. The number of benzene rings is 2. The van der Waals surface area contributed by atoms with Gasteiger partial charge in [0, 0.05) is 49.5 Å². The van der Waals surface area contributed by atoms with Gasteiger partial charge in [0.2, 0.25) is 11.9 Å². The van der Waals surface area contributed by atoms with Crippen molar-refractivity contribution in [3.63, 3.8) is 0 Å². The summed E-state index contributed by atoms with van der Waals surface area (Å²) in [4.78, 5) is 40.4. The summed E-state index contributed by atoms with van der Waals surface area (Å²) in [7, 11) is 7.53. The van der Waals surface area contributed by atoms with E-state index in [1.165, 1.54) is 6.08 Å². The van der Waals surface area contributed by atoms with Crippen molar-refractivity contribution in [3.05, 3.63) is 67.0 Å². The number of nitrogens with one attached hydrogen (secondary N) is 3. The molecule has 0 aliphatic carbocycles. The van der Waals surface area contributed by atoms with Crippen LogP contribution in [0, 0.1) is 0 Å². The lowest BCUT2D eigenvalue weighted by Gasteiger charge is -2.26. The number of rotatable bonds is 11. The molecule has 0 saturated carbocycles. The molecule has 11 nitrogen and oxygen atoms in total. The molecule has 0 aliphatic heterocycles. The number of methoxy groups -OCH3 is 1. The Morgan fingerprint density at radius 1 is 1.13 bits per heavy atom. The van der Waals surface area contributed by atoms with E-state index < -0.39 is 5.91 Å². The lowest BCUT2D eigenvalue weighted by atomic mass is 10.0. The predicted molar refractivity (Wildman–Crippen MR) is 155 cm³/mol. The first-order chi connectivity index (χ1) is 18.7. The number of carbonyl (C=O) groups is 2. The Balaban J connectivity index is 1.72. The van der Waals surface area contributed by atoms with E-state index in [0.29, 0.717) is 39.8 Å². The summed E-state index contributed by atoms with van der Waals surface area (Å²) in [6.07, 6.45) is 4.61. The summed E-state index contributed by atoms with van der Waals surface area (Å²) in [5.74, 6) is 0.0252. The van der Waals surface area contributed by atoms with Gasteiger partial charge in [0.25, 0.3) is 5.91 Å². The largest absolute Gasteiger partial charge is 0.494 e. The molecule has 0 saturated heterocycles. The van der Waals surface area contributed by atoms with E-state index >= 15 is 0 Å². The maximum atomic E-state index is 12.2. The third kappa shape index (κ3) is 5.99. The second-order valence-electron chi connectivity index (χ2n) is 9.17. The van der Waals surface area contributed by atoms with Crippen LogP contribution < -0.4 is 26.0 Å². The zero-order valence-corrected chi connectivity index (χ0v) is 22.4. The minimum atomic E-state index is -0.513. The van der Waals surface area contributed by atoms with Crippen LogP contribution in [0.25, 0.3) is 22.2 Å². The van der Waals surface area contributed by atoms with Crippen LogP contribution in [0.15, 0.2) is 61.4 Å². The van der Waals surface area contributed by atoms with E-state index in [2.05, 4.69) is 32.1 Å².